The third-order valence-corrected chi connectivity index (χ3v) is 7.29. The van der Waals surface area contributed by atoms with E-state index in [4.69, 9.17) is 24.3 Å². The molecule has 7 rings (SSSR count). The summed E-state index contributed by atoms with van der Waals surface area (Å²) in [4.78, 5) is 13.0. The highest BCUT2D eigenvalue weighted by atomic mass is 16.5. The van der Waals surface area contributed by atoms with Crippen molar-refractivity contribution in [2.24, 2.45) is 0 Å². The van der Waals surface area contributed by atoms with Gasteiger partial charge in [-0.25, -0.2) is 14.6 Å². The molecule has 0 atom stereocenters. The molecule has 1 aliphatic heterocycles. The fourth-order valence-electron chi connectivity index (χ4n) is 5.19. The predicted molar refractivity (Wildman–Crippen MR) is 137 cm³/mol. The Balaban J connectivity index is 1.40. The predicted octanol–water partition coefficient (Wildman–Crippen LogP) is 4.66. The molecule has 0 bridgehead atoms. The molecule has 1 saturated carbocycles. The Labute approximate surface area is 207 Å². The van der Waals surface area contributed by atoms with Gasteiger partial charge in [-0.3, -0.25) is 0 Å². The summed E-state index contributed by atoms with van der Waals surface area (Å²) in [6.45, 7) is 7.61. The van der Waals surface area contributed by atoms with E-state index < -0.39 is 0 Å². The van der Waals surface area contributed by atoms with E-state index in [1.165, 1.54) is 12.8 Å². The van der Waals surface area contributed by atoms with Crippen LogP contribution in [0.15, 0.2) is 22.7 Å². The number of methoxy groups -OCH3 is 1. The molecule has 0 radical (unpaired) electrons. The fourth-order valence-corrected chi connectivity index (χ4v) is 5.19. The van der Waals surface area contributed by atoms with Crippen LogP contribution < -0.4 is 15.4 Å². The van der Waals surface area contributed by atoms with Gasteiger partial charge in [0.15, 0.2) is 0 Å². The molecular formula is C26H28N8O2. The van der Waals surface area contributed by atoms with E-state index in [2.05, 4.69) is 37.6 Å². The summed E-state index contributed by atoms with van der Waals surface area (Å²) in [5.74, 6) is 4.49. The number of H-pyrrole nitrogens is 1. The molecule has 4 aromatic heterocycles. The first-order valence-electron chi connectivity index (χ1n) is 12.4. The van der Waals surface area contributed by atoms with Gasteiger partial charge in [0, 0.05) is 41.5 Å². The lowest BCUT2D eigenvalue weighted by Gasteiger charge is -2.29. The minimum atomic E-state index is 0.346. The number of anilines is 2. The van der Waals surface area contributed by atoms with Crippen molar-refractivity contribution in [3.05, 3.63) is 41.2 Å². The number of aryl methyl sites for hydroxylation is 3. The molecule has 0 spiro atoms. The molecule has 1 aromatic carbocycles. The maximum atomic E-state index is 5.83. The molecule has 5 aromatic rings. The summed E-state index contributed by atoms with van der Waals surface area (Å²) < 4.78 is 13.4. The summed E-state index contributed by atoms with van der Waals surface area (Å²) >= 11 is 0. The third-order valence-electron chi connectivity index (χ3n) is 7.29. The number of aromatic nitrogens is 6. The first kappa shape index (κ1) is 21.4. The fraction of sp³-hybridized carbons (Fsp3) is 0.385. The van der Waals surface area contributed by atoms with Crippen LogP contribution in [0, 0.1) is 20.8 Å². The van der Waals surface area contributed by atoms with Crippen LogP contribution in [0.25, 0.3) is 33.1 Å². The van der Waals surface area contributed by atoms with Gasteiger partial charge in [0.25, 0.3) is 0 Å². The van der Waals surface area contributed by atoms with Crippen LogP contribution >= 0.6 is 0 Å². The first-order chi connectivity index (χ1) is 17.5. The SMILES string of the molecule is COc1cc2c(cc1-c1c(C)noc1C)[nH]c1nc(C)nc(Nc3cc(C4CC4)nn3C3CNC3)c12. The Kier molecular flexibility index (Phi) is 4.62. The van der Waals surface area contributed by atoms with Crippen LogP contribution in [0.2, 0.25) is 0 Å². The van der Waals surface area contributed by atoms with Gasteiger partial charge in [-0.15, -0.1) is 0 Å². The Bertz CT molecular complexity index is 1620. The second kappa shape index (κ2) is 7.79. The standard InChI is InChI=1S/C26H28N8O2/c1-12-23(13(2)36-33-12)18-7-20-17(8-21(18)35-4)24-25(30-20)28-14(3)29-26(24)31-22-9-19(15-5-6-15)32-34(22)16-10-27-11-16/h7-9,15-16,27H,5-6,10-11H2,1-4H3,(H2,28,29,30,31). The molecular weight excluding hydrogens is 456 g/mol. The highest BCUT2D eigenvalue weighted by molar-refractivity contribution is 6.13. The molecule has 3 N–H and O–H groups in total. The minimum Gasteiger partial charge on any atom is -0.496 e. The van der Waals surface area contributed by atoms with Gasteiger partial charge in [0.2, 0.25) is 0 Å². The molecule has 184 valence electrons. The van der Waals surface area contributed by atoms with Crippen LogP contribution in [0.5, 0.6) is 5.75 Å². The number of rotatable bonds is 6. The van der Waals surface area contributed by atoms with Crippen molar-refractivity contribution in [2.75, 3.05) is 25.5 Å². The molecule has 10 nitrogen and oxygen atoms in total. The zero-order valence-corrected chi connectivity index (χ0v) is 20.8. The van der Waals surface area contributed by atoms with Gasteiger partial charge in [0.1, 0.15) is 34.6 Å². The summed E-state index contributed by atoms with van der Waals surface area (Å²) in [5.41, 5.74) is 5.58. The number of nitrogens with zero attached hydrogens (tertiary/aromatic N) is 5. The van der Waals surface area contributed by atoms with Crippen LogP contribution in [0.4, 0.5) is 11.6 Å². The Morgan fingerprint density at radius 2 is 1.94 bits per heavy atom. The lowest BCUT2D eigenvalue weighted by Crippen LogP contribution is -2.44. The number of benzene rings is 1. The first-order valence-corrected chi connectivity index (χ1v) is 12.4. The van der Waals surface area contributed by atoms with E-state index >= 15 is 0 Å². The topological polar surface area (TPSA) is 119 Å². The summed E-state index contributed by atoms with van der Waals surface area (Å²) in [7, 11) is 1.68. The van der Waals surface area contributed by atoms with Crippen molar-refractivity contribution in [1.82, 2.24) is 35.2 Å². The molecule has 36 heavy (non-hydrogen) atoms. The van der Waals surface area contributed by atoms with E-state index in [0.29, 0.717) is 17.8 Å². The minimum absolute atomic E-state index is 0.346. The van der Waals surface area contributed by atoms with E-state index in [1.54, 1.807) is 7.11 Å². The number of hydrogen-bond acceptors (Lipinski definition) is 8. The van der Waals surface area contributed by atoms with Gasteiger partial charge >= 0.3 is 0 Å². The highest BCUT2D eigenvalue weighted by Gasteiger charge is 2.31. The van der Waals surface area contributed by atoms with Crippen LogP contribution in [-0.4, -0.2) is 50.1 Å². The Hall–Kier alpha value is -3.92. The summed E-state index contributed by atoms with van der Waals surface area (Å²) in [6, 6.07) is 6.66. The zero-order valence-electron chi connectivity index (χ0n) is 20.8. The molecule has 5 heterocycles. The molecule has 10 heteroatoms. The van der Waals surface area contributed by atoms with Crippen molar-refractivity contribution in [1.29, 1.82) is 0 Å². The van der Waals surface area contributed by atoms with Crippen molar-refractivity contribution in [3.63, 3.8) is 0 Å². The lowest BCUT2D eigenvalue weighted by molar-refractivity contribution is 0.320. The Morgan fingerprint density at radius 3 is 2.61 bits per heavy atom. The normalized spacial score (nSPS) is 16.1. The molecule has 2 fully saturated rings. The van der Waals surface area contributed by atoms with Gasteiger partial charge in [-0.1, -0.05) is 5.16 Å². The number of hydrogen-bond donors (Lipinski definition) is 3. The van der Waals surface area contributed by atoms with E-state index in [-0.39, 0.29) is 0 Å². The average Bonchev–Trinajstić information content (AvgIpc) is 3.38. The van der Waals surface area contributed by atoms with Gasteiger partial charge in [-0.05, 0) is 45.7 Å². The number of fused-ring (bicyclic) bond motifs is 3. The molecule has 1 saturated heterocycles. The summed E-state index contributed by atoms with van der Waals surface area (Å²) in [5, 5.41) is 18.0. The third kappa shape index (κ3) is 3.28. The van der Waals surface area contributed by atoms with Crippen molar-refractivity contribution < 1.29 is 9.26 Å². The van der Waals surface area contributed by atoms with Crippen molar-refractivity contribution in [2.45, 2.75) is 45.6 Å². The van der Waals surface area contributed by atoms with Gasteiger partial charge in [-0.2, -0.15) is 5.10 Å². The average molecular weight is 485 g/mol. The number of aromatic amines is 1. The van der Waals surface area contributed by atoms with Gasteiger partial charge in [0.05, 0.1) is 35.5 Å². The molecule has 0 amide bonds. The highest BCUT2D eigenvalue weighted by Crippen LogP contribution is 2.43. The smallest absolute Gasteiger partial charge is 0.145 e. The number of ether oxygens (including phenoxy) is 1. The molecule has 2 aliphatic rings. The van der Waals surface area contributed by atoms with Crippen molar-refractivity contribution >= 4 is 33.6 Å². The van der Waals surface area contributed by atoms with Crippen LogP contribution in [0.3, 0.4) is 0 Å². The maximum Gasteiger partial charge on any atom is 0.145 e. The second-order valence-electron chi connectivity index (χ2n) is 9.88. The molecule has 0 unspecified atom stereocenters. The van der Waals surface area contributed by atoms with E-state index in [0.717, 1.165) is 80.7 Å². The van der Waals surface area contributed by atoms with Crippen LogP contribution in [-0.2, 0) is 0 Å². The maximum absolute atomic E-state index is 5.83. The lowest BCUT2D eigenvalue weighted by atomic mass is 10.0. The largest absolute Gasteiger partial charge is 0.496 e. The number of nitrogens with one attached hydrogen (secondary N) is 3. The van der Waals surface area contributed by atoms with E-state index in [1.807, 2.05) is 26.8 Å². The quantitative estimate of drug-likeness (QED) is 0.318. The van der Waals surface area contributed by atoms with Crippen molar-refractivity contribution in [3.8, 4) is 16.9 Å². The second-order valence-corrected chi connectivity index (χ2v) is 9.88. The van der Waals surface area contributed by atoms with Gasteiger partial charge < -0.3 is 24.9 Å². The van der Waals surface area contributed by atoms with Crippen LogP contribution in [0.1, 0.15) is 47.8 Å². The summed E-state index contributed by atoms with van der Waals surface area (Å²) in [6.07, 6.45) is 2.43. The Morgan fingerprint density at radius 1 is 1.11 bits per heavy atom. The monoisotopic (exact) mass is 484 g/mol. The molecule has 1 aliphatic carbocycles. The zero-order chi connectivity index (χ0) is 24.6. The van der Waals surface area contributed by atoms with E-state index in [9.17, 15) is 0 Å².